The summed E-state index contributed by atoms with van der Waals surface area (Å²) in [6.07, 6.45) is 5.05. The fourth-order valence-corrected chi connectivity index (χ4v) is 2.53. The number of fused-ring (bicyclic) bond motifs is 1. The minimum absolute atomic E-state index is 0.484. The predicted octanol–water partition coefficient (Wildman–Crippen LogP) is 3.18. The van der Waals surface area contributed by atoms with Crippen molar-refractivity contribution in [2.24, 2.45) is 0 Å². The Balaban J connectivity index is 2.28. The first kappa shape index (κ1) is 12.2. The highest BCUT2D eigenvalue weighted by atomic mass is 32.2. The molecule has 0 bridgehead atoms. The van der Waals surface area contributed by atoms with E-state index >= 15 is 0 Å². The first-order valence-corrected chi connectivity index (χ1v) is 7.20. The Morgan fingerprint density at radius 3 is 2.94 bits per heavy atom. The van der Waals surface area contributed by atoms with Gasteiger partial charge in [0, 0.05) is 17.2 Å². The maximum Gasteiger partial charge on any atom is 0.0950 e. The smallest absolute Gasteiger partial charge is 0.0950 e. The van der Waals surface area contributed by atoms with Crippen LogP contribution in [0.15, 0.2) is 30.5 Å². The van der Waals surface area contributed by atoms with Gasteiger partial charge in [-0.25, -0.2) is 0 Å². The molecule has 90 valence electrons. The van der Waals surface area contributed by atoms with Crippen LogP contribution in [0.4, 0.5) is 5.69 Å². The SMILES string of the molecule is CCC(CSC)Nc1cnnc2ccccc12. The van der Waals surface area contributed by atoms with Crippen molar-refractivity contribution < 1.29 is 0 Å². The van der Waals surface area contributed by atoms with E-state index in [1.165, 1.54) is 0 Å². The second-order valence-electron chi connectivity index (χ2n) is 3.98. The van der Waals surface area contributed by atoms with E-state index in [4.69, 9.17) is 0 Å². The molecule has 0 aliphatic rings. The number of nitrogens with zero attached hydrogens (tertiary/aromatic N) is 2. The molecule has 2 aromatic rings. The van der Waals surface area contributed by atoms with Gasteiger partial charge in [-0.3, -0.25) is 0 Å². The van der Waals surface area contributed by atoms with E-state index in [0.29, 0.717) is 6.04 Å². The molecule has 4 heteroatoms. The van der Waals surface area contributed by atoms with Crippen LogP contribution in [0.1, 0.15) is 13.3 Å². The lowest BCUT2D eigenvalue weighted by atomic mass is 10.2. The molecule has 0 aliphatic heterocycles. The molecule has 1 atom stereocenters. The summed E-state index contributed by atoms with van der Waals surface area (Å²) in [4.78, 5) is 0. The minimum atomic E-state index is 0.484. The summed E-state index contributed by atoms with van der Waals surface area (Å²) < 4.78 is 0. The van der Waals surface area contributed by atoms with Crippen molar-refractivity contribution in [1.29, 1.82) is 0 Å². The standard InChI is InChI=1S/C13H17N3S/c1-3-10(9-17-2)15-13-8-14-16-12-7-5-4-6-11(12)13/h4-8,10H,3,9H2,1-2H3,(H,15,16). The van der Waals surface area contributed by atoms with Crippen molar-refractivity contribution >= 4 is 28.4 Å². The van der Waals surface area contributed by atoms with Crippen molar-refractivity contribution in [1.82, 2.24) is 10.2 Å². The molecule has 1 aromatic heterocycles. The summed E-state index contributed by atoms with van der Waals surface area (Å²) in [5.41, 5.74) is 2.02. The Morgan fingerprint density at radius 2 is 2.18 bits per heavy atom. The van der Waals surface area contributed by atoms with Gasteiger partial charge in [-0.05, 0) is 18.7 Å². The zero-order chi connectivity index (χ0) is 12.1. The van der Waals surface area contributed by atoms with Crippen LogP contribution in [0.5, 0.6) is 0 Å². The largest absolute Gasteiger partial charge is 0.380 e. The maximum absolute atomic E-state index is 4.13. The summed E-state index contributed by atoms with van der Waals surface area (Å²) in [5.74, 6) is 1.10. The van der Waals surface area contributed by atoms with Crippen LogP contribution in [-0.4, -0.2) is 28.2 Å². The number of aromatic nitrogens is 2. The van der Waals surface area contributed by atoms with Crippen molar-refractivity contribution in [3.8, 4) is 0 Å². The highest BCUT2D eigenvalue weighted by Gasteiger charge is 2.08. The summed E-state index contributed by atoms with van der Waals surface area (Å²) in [7, 11) is 0. The van der Waals surface area contributed by atoms with Gasteiger partial charge in [-0.15, -0.1) is 0 Å². The Morgan fingerprint density at radius 1 is 1.35 bits per heavy atom. The van der Waals surface area contributed by atoms with Crippen LogP contribution >= 0.6 is 11.8 Å². The van der Waals surface area contributed by atoms with Gasteiger partial charge in [0.2, 0.25) is 0 Å². The molecule has 1 N–H and O–H groups in total. The molecule has 0 amide bonds. The Labute approximate surface area is 106 Å². The zero-order valence-corrected chi connectivity index (χ0v) is 11.0. The molecule has 1 heterocycles. The molecule has 0 fully saturated rings. The average Bonchev–Trinajstić information content (AvgIpc) is 2.38. The lowest BCUT2D eigenvalue weighted by molar-refractivity contribution is 0.774. The molecule has 17 heavy (non-hydrogen) atoms. The maximum atomic E-state index is 4.13. The van der Waals surface area contributed by atoms with E-state index in [1.54, 1.807) is 0 Å². The molecule has 0 spiro atoms. The van der Waals surface area contributed by atoms with Crippen LogP contribution in [0.2, 0.25) is 0 Å². The number of hydrogen-bond donors (Lipinski definition) is 1. The quantitative estimate of drug-likeness (QED) is 0.880. The van der Waals surface area contributed by atoms with Gasteiger partial charge >= 0.3 is 0 Å². The summed E-state index contributed by atoms with van der Waals surface area (Å²) >= 11 is 1.86. The molecule has 1 unspecified atom stereocenters. The molecule has 2 rings (SSSR count). The second kappa shape index (κ2) is 5.87. The van der Waals surface area contributed by atoms with Gasteiger partial charge in [0.25, 0.3) is 0 Å². The highest BCUT2D eigenvalue weighted by molar-refractivity contribution is 7.98. The average molecular weight is 247 g/mol. The molecular formula is C13H17N3S. The van der Waals surface area contributed by atoms with E-state index < -0.39 is 0 Å². The minimum Gasteiger partial charge on any atom is -0.380 e. The van der Waals surface area contributed by atoms with Gasteiger partial charge in [-0.2, -0.15) is 22.0 Å². The predicted molar refractivity (Wildman–Crippen MR) is 75.6 cm³/mol. The Bertz CT molecular complexity index is 482. The van der Waals surface area contributed by atoms with E-state index in [9.17, 15) is 0 Å². The van der Waals surface area contributed by atoms with Crippen LogP contribution in [0, 0.1) is 0 Å². The van der Waals surface area contributed by atoms with E-state index in [2.05, 4.69) is 34.8 Å². The number of rotatable bonds is 5. The number of thioether (sulfide) groups is 1. The summed E-state index contributed by atoms with van der Waals surface area (Å²) in [6.45, 7) is 2.20. The number of nitrogens with one attached hydrogen (secondary N) is 1. The van der Waals surface area contributed by atoms with E-state index in [-0.39, 0.29) is 0 Å². The van der Waals surface area contributed by atoms with E-state index in [1.807, 2.05) is 36.2 Å². The van der Waals surface area contributed by atoms with Gasteiger partial charge < -0.3 is 5.32 Å². The van der Waals surface area contributed by atoms with Crippen molar-refractivity contribution in [2.75, 3.05) is 17.3 Å². The van der Waals surface area contributed by atoms with Gasteiger partial charge in [0.15, 0.2) is 0 Å². The fourth-order valence-electron chi connectivity index (χ4n) is 1.80. The monoisotopic (exact) mass is 247 g/mol. The van der Waals surface area contributed by atoms with Gasteiger partial charge in [0.1, 0.15) is 0 Å². The fraction of sp³-hybridized carbons (Fsp3) is 0.385. The van der Waals surface area contributed by atoms with Crippen LogP contribution < -0.4 is 5.32 Å². The first-order chi connectivity index (χ1) is 8.35. The number of hydrogen-bond acceptors (Lipinski definition) is 4. The van der Waals surface area contributed by atoms with Crippen LogP contribution in [-0.2, 0) is 0 Å². The Hall–Kier alpha value is -1.29. The number of benzene rings is 1. The molecule has 3 nitrogen and oxygen atoms in total. The zero-order valence-electron chi connectivity index (χ0n) is 10.2. The molecule has 0 radical (unpaired) electrons. The lowest BCUT2D eigenvalue weighted by Crippen LogP contribution is -2.21. The van der Waals surface area contributed by atoms with Gasteiger partial charge in [0.05, 0.1) is 17.4 Å². The third kappa shape index (κ3) is 2.88. The first-order valence-electron chi connectivity index (χ1n) is 5.81. The highest BCUT2D eigenvalue weighted by Crippen LogP contribution is 2.21. The molecule has 0 aliphatic carbocycles. The Kier molecular flexibility index (Phi) is 4.20. The van der Waals surface area contributed by atoms with Crippen molar-refractivity contribution in [3.05, 3.63) is 30.5 Å². The molecule has 1 aromatic carbocycles. The topological polar surface area (TPSA) is 37.8 Å². The second-order valence-corrected chi connectivity index (χ2v) is 4.89. The molecule has 0 saturated heterocycles. The van der Waals surface area contributed by atoms with E-state index in [0.717, 1.165) is 28.8 Å². The molecule has 0 saturated carbocycles. The normalized spacial score (nSPS) is 12.6. The lowest BCUT2D eigenvalue weighted by Gasteiger charge is -2.17. The van der Waals surface area contributed by atoms with Crippen molar-refractivity contribution in [2.45, 2.75) is 19.4 Å². The molecular weight excluding hydrogens is 230 g/mol. The van der Waals surface area contributed by atoms with Crippen LogP contribution in [0.25, 0.3) is 10.9 Å². The summed E-state index contributed by atoms with van der Waals surface area (Å²) in [5, 5.41) is 12.9. The van der Waals surface area contributed by atoms with Crippen LogP contribution in [0.3, 0.4) is 0 Å². The number of anilines is 1. The third-order valence-electron chi connectivity index (χ3n) is 2.77. The van der Waals surface area contributed by atoms with Gasteiger partial charge in [-0.1, -0.05) is 25.1 Å². The van der Waals surface area contributed by atoms with Crippen molar-refractivity contribution in [3.63, 3.8) is 0 Å². The summed E-state index contributed by atoms with van der Waals surface area (Å²) in [6, 6.07) is 8.57. The third-order valence-corrected chi connectivity index (χ3v) is 3.50.